The van der Waals surface area contributed by atoms with E-state index in [4.69, 9.17) is 0 Å². The predicted molar refractivity (Wildman–Crippen MR) is 92.5 cm³/mol. The van der Waals surface area contributed by atoms with Crippen molar-refractivity contribution in [2.75, 3.05) is 19.3 Å². The predicted octanol–water partition coefficient (Wildman–Crippen LogP) is 2.59. The van der Waals surface area contributed by atoms with E-state index in [0.29, 0.717) is 0 Å². The summed E-state index contributed by atoms with van der Waals surface area (Å²) in [5, 5.41) is 5.74. The standard InChI is InChI=1S/C18H31N2Si/c21-17-20-15-11-6-4-2-1-3-5-10-14-19-16-18-12-8-7-9-13-18/h7-9,12-13,19-20H,1-6,10-11,14-17H2/p+1. The minimum atomic E-state index is 0.918. The largest absolute Gasteiger partial charge is 0.343 e. The van der Waals surface area contributed by atoms with Gasteiger partial charge in [0.15, 0.2) is 0 Å². The summed E-state index contributed by atoms with van der Waals surface area (Å²) in [5.74, 6) is 0. The summed E-state index contributed by atoms with van der Waals surface area (Å²) >= 11 is 0. The van der Waals surface area contributed by atoms with Crippen molar-refractivity contribution in [1.29, 1.82) is 0 Å². The number of unbranched alkanes of at least 4 members (excludes halogenated alkanes) is 7. The smallest absolute Gasteiger partial charge is 0.101 e. The summed E-state index contributed by atoms with van der Waals surface area (Å²) in [7, 11) is 3.42. The molecule has 1 rings (SSSR count). The lowest BCUT2D eigenvalue weighted by Crippen LogP contribution is -2.82. The number of benzene rings is 1. The third-order valence-electron chi connectivity index (χ3n) is 3.86. The number of nitrogens with one attached hydrogen (secondary N) is 1. The highest BCUT2D eigenvalue weighted by atomic mass is 28.1. The number of rotatable bonds is 14. The van der Waals surface area contributed by atoms with Crippen molar-refractivity contribution < 1.29 is 5.32 Å². The quantitative estimate of drug-likeness (QED) is 0.401. The van der Waals surface area contributed by atoms with E-state index in [1.165, 1.54) is 63.5 Å². The van der Waals surface area contributed by atoms with E-state index < -0.39 is 0 Å². The molecule has 0 aliphatic rings. The van der Waals surface area contributed by atoms with Gasteiger partial charge in [-0.15, -0.1) is 0 Å². The van der Waals surface area contributed by atoms with Crippen LogP contribution in [0.15, 0.2) is 30.3 Å². The van der Waals surface area contributed by atoms with Gasteiger partial charge in [0.2, 0.25) is 0 Å². The van der Waals surface area contributed by atoms with Crippen molar-refractivity contribution in [2.45, 2.75) is 57.9 Å². The van der Waals surface area contributed by atoms with Crippen LogP contribution in [0.5, 0.6) is 0 Å². The highest BCUT2D eigenvalue weighted by Crippen LogP contribution is 2.07. The molecule has 0 bridgehead atoms. The highest BCUT2D eigenvalue weighted by molar-refractivity contribution is 6.08. The molecule has 0 heterocycles. The first-order valence-electron chi connectivity index (χ1n) is 8.64. The van der Waals surface area contributed by atoms with Gasteiger partial charge in [-0.3, -0.25) is 0 Å². The first kappa shape index (κ1) is 18.4. The minimum Gasteiger partial charge on any atom is -0.343 e. The van der Waals surface area contributed by atoms with Gasteiger partial charge in [0.05, 0.1) is 6.54 Å². The summed E-state index contributed by atoms with van der Waals surface area (Å²) in [6.45, 7) is 3.55. The molecule has 0 fully saturated rings. The van der Waals surface area contributed by atoms with Crippen molar-refractivity contribution in [1.82, 2.24) is 5.32 Å². The van der Waals surface area contributed by atoms with Gasteiger partial charge in [0.1, 0.15) is 6.54 Å². The van der Waals surface area contributed by atoms with E-state index >= 15 is 0 Å². The Morgan fingerprint density at radius 2 is 1.43 bits per heavy atom. The molecule has 0 spiro atoms. The van der Waals surface area contributed by atoms with Crippen LogP contribution in [-0.2, 0) is 6.54 Å². The second-order valence-electron chi connectivity index (χ2n) is 5.77. The molecule has 0 aliphatic carbocycles. The second-order valence-corrected chi connectivity index (χ2v) is 6.13. The van der Waals surface area contributed by atoms with Crippen LogP contribution in [0.3, 0.4) is 0 Å². The Balaban J connectivity index is 1.75. The fraction of sp³-hybridized carbons (Fsp3) is 0.667. The average Bonchev–Trinajstić information content (AvgIpc) is 2.53. The molecule has 0 atom stereocenters. The lowest BCUT2D eigenvalue weighted by molar-refractivity contribution is -0.671. The molecule has 0 saturated carbocycles. The molecule has 0 saturated heterocycles. The van der Waals surface area contributed by atoms with Crippen LogP contribution >= 0.6 is 0 Å². The number of nitrogens with two attached hydrogens (primary N) is 1. The molecule has 0 amide bonds. The summed E-state index contributed by atoms with van der Waals surface area (Å²) < 4.78 is 0. The van der Waals surface area contributed by atoms with Crippen LogP contribution in [0.4, 0.5) is 0 Å². The SMILES string of the molecule is [Si]CNCCCCCCCCCC[NH2+]Cc1ccccc1. The molecule has 2 nitrogen and oxygen atoms in total. The zero-order valence-electron chi connectivity index (χ0n) is 13.4. The molecule has 0 aromatic heterocycles. The Morgan fingerprint density at radius 3 is 2.10 bits per heavy atom. The van der Waals surface area contributed by atoms with Crippen molar-refractivity contribution in [3.8, 4) is 0 Å². The molecular formula is C18H32N2Si+. The molecule has 0 unspecified atom stereocenters. The monoisotopic (exact) mass is 304 g/mol. The van der Waals surface area contributed by atoms with E-state index in [9.17, 15) is 0 Å². The zero-order chi connectivity index (χ0) is 15.0. The van der Waals surface area contributed by atoms with Gasteiger partial charge in [0, 0.05) is 15.8 Å². The third kappa shape index (κ3) is 11.7. The van der Waals surface area contributed by atoms with Crippen LogP contribution in [0.2, 0.25) is 0 Å². The molecule has 1 aromatic rings. The maximum atomic E-state index is 3.42. The van der Waals surface area contributed by atoms with Gasteiger partial charge in [0.25, 0.3) is 0 Å². The summed E-state index contributed by atoms with van der Waals surface area (Å²) in [5.41, 5.74) is 1.44. The van der Waals surface area contributed by atoms with E-state index in [0.717, 1.165) is 19.3 Å². The van der Waals surface area contributed by atoms with Gasteiger partial charge in [-0.05, 0) is 32.0 Å². The van der Waals surface area contributed by atoms with Gasteiger partial charge in [-0.2, -0.15) is 0 Å². The average molecular weight is 305 g/mol. The third-order valence-corrected chi connectivity index (χ3v) is 4.11. The fourth-order valence-corrected chi connectivity index (χ4v) is 2.75. The minimum absolute atomic E-state index is 0.918. The summed E-state index contributed by atoms with van der Waals surface area (Å²) in [6.07, 6.45) is 12.0. The van der Waals surface area contributed by atoms with E-state index in [-0.39, 0.29) is 0 Å². The van der Waals surface area contributed by atoms with Gasteiger partial charge >= 0.3 is 0 Å². The van der Waals surface area contributed by atoms with Crippen LogP contribution < -0.4 is 10.6 Å². The Hall–Kier alpha value is -0.643. The van der Waals surface area contributed by atoms with Crippen LogP contribution in [0.25, 0.3) is 0 Å². The molecule has 1 aromatic carbocycles. The Bertz CT molecular complexity index is 316. The van der Waals surface area contributed by atoms with Gasteiger partial charge in [-0.1, -0.05) is 62.4 Å². The molecule has 117 valence electrons. The fourth-order valence-electron chi connectivity index (χ4n) is 2.57. The van der Waals surface area contributed by atoms with Crippen LogP contribution in [0.1, 0.15) is 56.9 Å². The van der Waals surface area contributed by atoms with Crippen molar-refractivity contribution in [3.05, 3.63) is 35.9 Å². The van der Waals surface area contributed by atoms with E-state index in [1.54, 1.807) is 0 Å². The lowest BCUT2D eigenvalue weighted by atomic mass is 10.1. The molecular weight excluding hydrogens is 272 g/mol. The lowest BCUT2D eigenvalue weighted by Gasteiger charge is -2.03. The first-order chi connectivity index (χ1) is 10.4. The molecule has 3 N–H and O–H groups in total. The normalized spacial score (nSPS) is 10.9. The van der Waals surface area contributed by atoms with Gasteiger partial charge < -0.3 is 10.6 Å². The van der Waals surface area contributed by atoms with Crippen molar-refractivity contribution >= 4 is 10.2 Å². The second kappa shape index (κ2) is 14.3. The maximum Gasteiger partial charge on any atom is 0.101 e. The topological polar surface area (TPSA) is 28.6 Å². The van der Waals surface area contributed by atoms with E-state index in [1.807, 2.05) is 0 Å². The first-order valence-corrected chi connectivity index (χ1v) is 9.35. The summed E-state index contributed by atoms with van der Waals surface area (Å²) in [4.78, 5) is 0. The molecule has 21 heavy (non-hydrogen) atoms. The zero-order valence-corrected chi connectivity index (χ0v) is 14.4. The number of hydrogen-bond acceptors (Lipinski definition) is 1. The Kier molecular flexibility index (Phi) is 12.5. The Labute approximate surface area is 134 Å². The summed E-state index contributed by atoms with van der Waals surface area (Å²) in [6, 6.07) is 10.8. The Morgan fingerprint density at radius 1 is 0.810 bits per heavy atom. The van der Waals surface area contributed by atoms with E-state index in [2.05, 4.69) is 51.2 Å². The van der Waals surface area contributed by atoms with Crippen molar-refractivity contribution in [3.63, 3.8) is 0 Å². The highest BCUT2D eigenvalue weighted by Gasteiger charge is 1.95. The van der Waals surface area contributed by atoms with Crippen LogP contribution in [-0.4, -0.2) is 29.5 Å². The molecule has 0 aliphatic heterocycles. The number of quaternary nitrogens is 1. The molecule has 3 heteroatoms. The number of hydrogen-bond donors (Lipinski definition) is 2. The van der Waals surface area contributed by atoms with Crippen LogP contribution in [0, 0.1) is 0 Å². The van der Waals surface area contributed by atoms with Crippen molar-refractivity contribution in [2.24, 2.45) is 0 Å². The maximum absolute atomic E-state index is 3.42. The van der Waals surface area contributed by atoms with Gasteiger partial charge in [-0.25, -0.2) is 0 Å². The molecule has 3 radical (unpaired) electrons.